The first-order chi connectivity index (χ1) is 6.31. The van der Waals surface area contributed by atoms with E-state index in [9.17, 15) is 0 Å². The number of anilines is 1. The summed E-state index contributed by atoms with van der Waals surface area (Å²) in [5, 5.41) is 17.7. The van der Waals surface area contributed by atoms with Gasteiger partial charge in [0.05, 0.1) is 5.69 Å². The van der Waals surface area contributed by atoms with Crippen LogP contribution in [-0.4, -0.2) is 25.3 Å². The molecule has 0 unspecified atom stereocenters. The van der Waals surface area contributed by atoms with Crippen molar-refractivity contribution in [2.75, 3.05) is 5.73 Å². The van der Waals surface area contributed by atoms with Gasteiger partial charge in [0.25, 0.3) is 5.82 Å². The number of hydrogen-bond acceptors (Lipinski definition) is 7. The highest BCUT2D eigenvalue weighted by Gasteiger charge is 2.07. The largest absolute Gasteiger partial charge is 0.395 e. The normalized spacial score (nSPS) is 9.85. The van der Waals surface area contributed by atoms with Gasteiger partial charge in [-0.25, -0.2) is 0 Å². The molecule has 0 fully saturated rings. The summed E-state index contributed by atoms with van der Waals surface area (Å²) in [7, 11) is 0. The van der Waals surface area contributed by atoms with Gasteiger partial charge in [0.1, 0.15) is 5.53 Å². The van der Waals surface area contributed by atoms with Crippen molar-refractivity contribution < 1.29 is 0 Å². The van der Waals surface area contributed by atoms with Crippen molar-refractivity contribution in [3.05, 3.63) is 6.07 Å². The first kappa shape index (κ1) is 7.25. The molecular formula is C4H4N9+. The molecule has 0 atom stereocenters. The van der Waals surface area contributed by atoms with Crippen molar-refractivity contribution >= 4 is 17.2 Å². The second kappa shape index (κ2) is 2.57. The summed E-state index contributed by atoms with van der Waals surface area (Å²) >= 11 is 0. The van der Waals surface area contributed by atoms with Crippen LogP contribution in [0, 0.1) is 5.53 Å². The van der Waals surface area contributed by atoms with Gasteiger partial charge in [0.2, 0.25) is 10.6 Å². The standard InChI is InChI=1S/C4H4N9/c5-2-1-3(7-10-6)9-13-4(2)8-11-12-13/h1,6H,5H2/q+1. The molecule has 0 spiro atoms. The van der Waals surface area contributed by atoms with Crippen LogP contribution in [0.5, 0.6) is 0 Å². The average Bonchev–Trinajstić information content (AvgIpc) is 2.53. The zero-order chi connectivity index (χ0) is 9.26. The molecule has 0 radical (unpaired) electrons. The van der Waals surface area contributed by atoms with Crippen LogP contribution >= 0.6 is 0 Å². The van der Waals surface area contributed by atoms with E-state index >= 15 is 0 Å². The third-order valence-corrected chi connectivity index (χ3v) is 1.35. The zero-order valence-corrected chi connectivity index (χ0v) is 6.29. The molecule has 0 saturated carbocycles. The van der Waals surface area contributed by atoms with Gasteiger partial charge in [-0.3, -0.25) is 0 Å². The van der Waals surface area contributed by atoms with E-state index in [2.05, 4.69) is 30.7 Å². The molecule has 2 aromatic rings. The lowest BCUT2D eigenvalue weighted by atomic mass is 10.4. The number of hydrogen-bond donors (Lipinski definition) is 2. The van der Waals surface area contributed by atoms with Crippen molar-refractivity contribution in [1.82, 2.24) is 30.2 Å². The van der Waals surface area contributed by atoms with E-state index in [1.807, 2.05) is 0 Å². The van der Waals surface area contributed by atoms with E-state index in [1.165, 1.54) is 6.07 Å². The molecule has 0 amide bonds. The van der Waals surface area contributed by atoms with Crippen LogP contribution in [0.2, 0.25) is 0 Å². The van der Waals surface area contributed by atoms with Gasteiger partial charge in [-0.15, -0.1) is 14.8 Å². The van der Waals surface area contributed by atoms with Gasteiger partial charge in [0, 0.05) is 6.07 Å². The second-order valence-corrected chi connectivity index (χ2v) is 2.15. The van der Waals surface area contributed by atoms with Crippen LogP contribution < -0.4 is 10.6 Å². The Balaban J connectivity index is 2.76. The maximum atomic E-state index is 6.50. The van der Waals surface area contributed by atoms with E-state index < -0.39 is 0 Å². The molecule has 9 nitrogen and oxygen atoms in total. The number of nitrogens with zero attached hydrogens (tertiary/aromatic N) is 7. The van der Waals surface area contributed by atoms with Crippen LogP contribution in [0.25, 0.3) is 5.65 Å². The molecule has 0 aliphatic rings. The van der Waals surface area contributed by atoms with Crippen molar-refractivity contribution in [2.45, 2.75) is 0 Å². The van der Waals surface area contributed by atoms with Crippen molar-refractivity contribution in [3.8, 4) is 0 Å². The Bertz CT molecular complexity index is 491. The van der Waals surface area contributed by atoms with Gasteiger partial charge >= 0.3 is 0 Å². The number of nitrogens with one attached hydrogen (secondary N) is 1. The summed E-state index contributed by atoms with van der Waals surface area (Å²) in [4.78, 5) is 2.81. The van der Waals surface area contributed by atoms with Crippen LogP contribution in [0.4, 0.5) is 11.5 Å². The molecular weight excluding hydrogens is 174 g/mol. The predicted octanol–water partition coefficient (Wildman–Crippen LogP) is -0.717. The zero-order valence-electron chi connectivity index (χ0n) is 6.29. The highest BCUT2D eigenvalue weighted by atomic mass is 15.6. The fourth-order valence-electron chi connectivity index (χ4n) is 0.853. The minimum absolute atomic E-state index is 0.187. The van der Waals surface area contributed by atoms with E-state index in [0.29, 0.717) is 11.3 Å². The molecule has 0 aliphatic heterocycles. The monoisotopic (exact) mass is 178 g/mol. The third-order valence-electron chi connectivity index (χ3n) is 1.35. The molecule has 3 N–H and O–H groups in total. The lowest BCUT2D eigenvalue weighted by Gasteiger charge is -1.91. The van der Waals surface area contributed by atoms with Crippen molar-refractivity contribution in [3.63, 3.8) is 0 Å². The summed E-state index contributed by atoms with van der Waals surface area (Å²) in [6.45, 7) is 0. The Kier molecular flexibility index (Phi) is 1.43. The Morgan fingerprint density at radius 2 is 2.46 bits per heavy atom. The van der Waals surface area contributed by atoms with Crippen molar-refractivity contribution in [1.29, 1.82) is 5.53 Å². The molecule has 2 heterocycles. The quantitative estimate of drug-likeness (QED) is 0.439. The first-order valence-corrected chi connectivity index (χ1v) is 3.23. The molecule has 0 bridgehead atoms. The summed E-state index contributed by atoms with van der Waals surface area (Å²) in [6, 6.07) is 1.43. The smallest absolute Gasteiger partial charge is 0.264 e. The number of tetrazole rings is 1. The highest BCUT2D eigenvalue weighted by Crippen LogP contribution is 2.14. The first-order valence-electron chi connectivity index (χ1n) is 3.23. The number of aromatic nitrogens is 5. The second-order valence-electron chi connectivity index (χ2n) is 2.15. The Morgan fingerprint density at radius 1 is 1.62 bits per heavy atom. The van der Waals surface area contributed by atoms with Crippen LogP contribution in [0.1, 0.15) is 0 Å². The Hall–Kier alpha value is -2.41. The van der Waals surface area contributed by atoms with Crippen molar-refractivity contribution in [2.24, 2.45) is 5.11 Å². The summed E-state index contributed by atoms with van der Waals surface area (Å²) in [6.07, 6.45) is 0. The average molecular weight is 178 g/mol. The lowest BCUT2D eigenvalue weighted by molar-refractivity contribution is 0.730. The van der Waals surface area contributed by atoms with Gasteiger partial charge < -0.3 is 5.73 Å². The fraction of sp³-hybridized carbons (Fsp3) is 0. The van der Waals surface area contributed by atoms with E-state index in [4.69, 9.17) is 11.3 Å². The number of nitrogens with two attached hydrogens (primary N) is 1. The van der Waals surface area contributed by atoms with E-state index in [-0.39, 0.29) is 5.82 Å². The predicted molar refractivity (Wildman–Crippen MR) is 39.9 cm³/mol. The van der Waals surface area contributed by atoms with Gasteiger partial charge in [0.15, 0.2) is 5.11 Å². The maximum absolute atomic E-state index is 6.50. The number of rotatable bonds is 1. The molecule has 2 aromatic heterocycles. The van der Waals surface area contributed by atoms with Crippen LogP contribution in [0.3, 0.4) is 0 Å². The van der Waals surface area contributed by atoms with Gasteiger partial charge in [-0.05, 0) is 10.4 Å². The third kappa shape index (κ3) is 1.08. The summed E-state index contributed by atoms with van der Waals surface area (Å²) in [5.41, 5.74) is 12.8. The van der Waals surface area contributed by atoms with Crippen LogP contribution in [-0.2, 0) is 0 Å². The van der Waals surface area contributed by atoms with E-state index in [0.717, 1.165) is 4.63 Å². The lowest BCUT2D eigenvalue weighted by Crippen LogP contribution is -1.98. The fourth-order valence-corrected chi connectivity index (χ4v) is 0.853. The molecule has 0 aromatic carbocycles. The van der Waals surface area contributed by atoms with Gasteiger partial charge in [-0.2, -0.15) is 0 Å². The minimum Gasteiger partial charge on any atom is -0.395 e. The Morgan fingerprint density at radius 3 is 3.23 bits per heavy atom. The maximum Gasteiger partial charge on any atom is 0.264 e. The molecule has 13 heavy (non-hydrogen) atoms. The topological polar surface area (TPSA) is 132 Å². The summed E-state index contributed by atoms with van der Waals surface area (Å²) in [5.74, 6) is 0.187. The summed E-state index contributed by atoms with van der Waals surface area (Å²) < 4.78 is 1.12. The SMILES string of the molecule is N=[N+]=Nc1cc(N)c2nnnn2n1. The molecule has 0 aliphatic carbocycles. The molecule has 0 saturated heterocycles. The molecule has 2 rings (SSSR count). The molecule has 9 heteroatoms. The highest BCUT2D eigenvalue weighted by molar-refractivity contribution is 5.65. The molecule has 64 valence electrons. The Labute approximate surface area is 70.8 Å². The van der Waals surface area contributed by atoms with Gasteiger partial charge in [-0.1, -0.05) is 0 Å². The number of fused-ring (bicyclic) bond motifs is 1. The minimum atomic E-state index is 0.187. The van der Waals surface area contributed by atoms with E-state index in [1.54, 1.807) is 0 Å². The number of nitrogen functional groups attached to an aromatic ring is 1. The van der Waals surface area contributed by atoms with Crippen LogP contribution in [0.15, 0.2) is 11.2 Å².